The highest BCUT2D eigenvalue weighted by molar-refractivity contribution is 9.10. The van der Waals surface area contributed by atoms with Gasteiger partial charge in [0.05, 0.1) is 16.9 Å². The van der Waals surface area contributed by atoms with Gasteiger partial charge in [0.2, 0.25) is 0 Å². The molecule has 0 saturated heterocycles. The average molecular weight is 295 g/mol. The number of halogens is 1. The molecule has 1 heterocycles. The Kier molecular flexibility index (Phi) is 2.81. The quantitative estimate of drug-likeness (QED) is 0.748. The first-order chi connectivity index (χ1) is 8.17. The highest BCUT2D eigenvalue weighted by Crippen LogP contribution is 2.40. The number of rotatable bonds is 0. The van der Waals surface area contributed by atoms with Crippen LogP contribution in [0.3, 0.4) is 0 Å². The van der Waals surface area contributed by atoms with Crippen LogP contribution in [0.1, 0.15) is 32.6 Å². The fraction of sp³-hybridized carbons (Fsp3) is 0.571. The summed E-state index contributed by atoms with van der Waals surface area (Å²) >= 11 is 3.52. The Labute approximate surface area is 111 Å². The third kappa shape index (κ3) is 2.17. The molecule has 1 aromatic rings. The van der Waals surface area contributed by atoms with Crippen LogP contribution in [0.25, 0.3) is 0 Å². The summed E-state index contributed by atoms with van der Waals surface area (Å²) < 4.78 is 1.14. The molecule has 1 spiro atoms. The molecule has 92 valence electrons. The van der Waals surface area contributed by atoms with Gasteiger partial charge in [-0.2, -0.15) is 0 Å². The minimum atomic E-state index is 0.299. The topological polar surface area (TPSA) is 24.1 Å². The van der Waals surface area contributed by atoms with Crippen LogP contribution in [-0.2, 0) is 0 Å². The molecule has 1 aromatic carbocycles. The van der Waals surface area contributed by atoms with Crippen molar-refractivity contribution < 1.29 is 0 Å². The van der Waals surface area contributed by atoms with Crippen molar-refractivity contribution in [1.82, 2.24) is 0 Å². The van der Waals surface area contributed by atoms with Gasteiger partial charge >= 0.3 is 0 Å². The summed E-state index contributed by atoms with van der Waals surface area (Å²) in [5.74, 6) is 0.897. The second kappa shape index (κ2) is 4.20. The Morgan fingerprint density at radius 1 is 1.24 bits per heavy atom. The Morgan fingerprint density at radius 3 is 2.76 bits per heavy atom. The summed E-state index contributed by atoms with van der Waals surface area (Å²) in [6, 6.07) is 6.43. The Bertz CT molecular complexity index is 422. The minimum absolute atomic E-state index is 0.299. The lowest BCUT2D eigenvalue weighted by Gasteiger charge is -2.44. The molecule has 0 radical (unpaired) electrons. The van der Waals surface area contributed by atoms with Gasteiger partial charge < -0.3 is 10.6 Å². The minimum Gasteiger partial charge on any atom is -0.381 e. The van der Waals surface area contributed by atoms with E-state index < -0.39 is 0 Å². The van der Waals surface area contributed by atoms with Crippen LogP contribution in [0.2, 0.25) is 0 Å². The molecule has 0 aromatic heterocycles. The van der Waals surface area contributed by atoms with E-state index in [-0.39, 0.29) is 0 Å². The Balaban J connectivity index is 1.83. The van der Waals surface area contributed by atoms with Crippen LogP contribution in [0.4, 0.5) is 11.4 Å². The third-order valence-corrected chi connectivity index (χ3v) is 4.72. The SMILES string of the molecule is CC1CCC2(CC1)CNc1cc(Br)ccc1N2. The maximum atomic E-state index is 3.78. The lowest BCUT2D eigenvalue weighted by molar-refractivity contribution is 0.274. The highest BCUT2D eigenvalue weighted by atomic mass is 79.9. The van der Waals surface area contributed by atoms with Gasteiger partial charge in [-0.05, 0) is 49.8 Å². The zero-order valence-electron chi connectivity index (χ0n) is 10.2. The molecule has 2 N–H and O–H groups in total. The van der Waals surface area contributed by atoms with Crippen molar-refractivity contribution in [2.24, 2.45) is 5.92 Å². The van der Waals surface area contributed by atoms with Crippen molar-refractivity contribution in [3.05, 3.63) is 22.7 Å². The van der Waals surface area contributed by atoms with Crippen LogP contribution in [0.5, 0.6) is 0 Å². The molecule has 3 heteroatoms. The molecule has 1 aliphatic carbocycles. The first kappa shape index (κ1) is 11.4. The number of fused-ring (bicyclic) bond motifs is 1. The molecular formula is C14H19BrN2. The molecule has 1 aliphatic heterocycles. The third-order valence-electron chi connectivity index (χ3n) is 4.23. The van der Waals surface area contributed by atoms with E-state index in [2.05, 4.69) is 51.7 Å². The number of hydrogen-bond acceptors (Lipinski definition) is 2. The maximum absolute atomic E-state index is 3.78. The van der Waals surface area contributed by atoms with Crippen LogP contribution in [0, 0.1) is 5.92 Å². The average Bonchev–Trinajstić information content (AvgIpc) is 2.34. The molecule has 2 aliphatic rings. The van der Waals surface area contributed by atoms with E-state index in [9.17, 15) is 0 Å². The Morgan fingerprint density at radius 2 is 2.00 bits per heavy atom. The van der Waals surface area contributed by atoms with Gasteiger partial charge in [0.1, 0.15) is 0 Å². The summed E-state index contributed by atoms with van der Waals surface area (Å²) in [6.07, 6.45) is 5.27. The number of benzene rings is 1. The van der Waals surface area contributed by atoms with Gasteiger partial charge in [-0.3, -0.25) is 0 Å². The van der Waals surface area contributed by atoms with Crippen molar-refractivity contribution in [2.45, 2.75) is 38.1 Å². The molecule has 17 heavy (non-hydrogen) atoms. The van der Waals surface area contributed by atoms with Gasteiger partial charge in [-0.15, -0.1) is 0 Å². The predicted molar refractivity (Wildman–Crippen MR) is 76.6 cm³/mol. The van der Waals surface area contributed by atoms with Gasteiger partial charge in [0.25, 0.3) is 0 Å². The van der Waals surface area contributed by atoms with Crippen molar-refractivity contribution in [3.63, 3.8) is 0 Å². The molecule has 0 amide bonds. The lowest BCUT2D eigenvalue weighted by atomic mass is 9.76. The van der Waals surface area contributed by atoms with Gasteiger partial charge in [0, 0.05) is 11.0 Å². The van der Waals surface area contributed by atoms with E-state index in [0.717, 1.165) is 16.9 Å². The molecule has 3 rings (SSSR count). The van der Waals surface area contributed by atoms with E-state index in [0.29, 0.717) is 5.54 Å². The first-order valence-corrected chi connectivity index (χ1v) is 7.28. The predicted octanol–water partition coefficient (Wildman–Crippen LogP) is 4.24. The summed E-state index contributed by atoms with van der Waals surface area (Å²) in [5, 5.41) is 7.36. The smallest absolute Gasteiger partial charge is 0.0588 e. The molecule has 0 atom stereocenters. The van der Waals surface area contributed by atoms with Crippen LogP contribution in [0.15, 0.2) is 22.7 Å². The monoisotopic (exact) mass is 294 g/mol. The van der Waals surface area contributed by atoms with Gasteiger partial charge in [0.15, 0.2) is 0 Å². The maximum Gasteiger partial charge on any atom is 0.0588 e. The van der Waals surface area contributed by atoms with Crippen molar-refractivity contribution >= 4 is 27.3 Å². The normalized spacial score (nSPS) is 31.5. The highest BCUT2D eigenvalue weighted by Gasteiger charge is 2.36. The lowest BCUT2D eigenvalue weighted by Crippen LogP contribution is -2.49. The van der Waals surface area contributed by atoms with Crippen LogP contribution in [-0.4, -0.2) is 12.1 Å². The summed E-state index contributed by atoms with van der Waals surface area (Å²) in [6.45, 7) is 3.43. The molecule has 2 nitrogen and oxygen atoms in total. The number of hydrogen-bond donors (Lipinski definition) is 2. The largest absolute Gasteiger partial charge is 0.381 e. The zero-order valence-corrected chi connectivity index (χ0v) is 11.8. The Hall–Kier alpha value is -0.700. The van der Waals surface area contributed by atoms with Gasteiger partial charge in [-0.1, -0.05) is 22.9 Å². The van der Waals surface area contributed by atoms with E-state index >= 15 is 0 Å². The number of anilines is 2. The summed E-state index contributed by atoms with van der Waals surface area (Å²) in [4.78, 5) is 0. The van der Waals surface area contributed by atoms with E-state index in [4.69, 9.17) is 0 Å². The standard InChI is InChI=1S/C14H19BrN2/c1-10-4-6-14(7-5-10)9-16-13-8-11(15)2-3-12(13)17-14/h2-3,8,10,16-17H,4-7,9H2,1H3. The van der Waals surface area contributed by atoms with Crippen molar-refractivity contribution in [3.8, 4) is 0 Å². The summed E-state index contributed by atoms with van der Waals surface area (Å²) in [7, 11) is 0. The summed E-state index contributed by atoms with van der Waals surface area (Å²) in [5.41, 5.74) is 2.78. The van der Waals surface area contributed by atoms with Crippen LogP contribution < -0.4 is 10.6 Å². The van der Waals surface area contributed by atoms with Gasteiger partial charge in [-0.25, -0.2) is 0 Å². The fourth-order valence-corrected chi connectivity index (χ4v) is 3.34. The molecule has 0 bridgehead atoms. The van der Waals surface area contributed by atoms with Crippen LogP contribution >= 0.6 is 15.9 Å². The molecule has 0 unspecified atom stereocenters. The first-order valence-electron chi connectivity index (χ1n) is 6.49. The van der Waals surface area contributed by atoms with Crippen molar-refractivity contribution in [1.29, 1.82) is 0 Å². The molecule has 1 saturated carbocycles. The second-order valence-corrected chi connectivity index (χ2v) is 6.55. The molecule has 1 fully saturated rings. The number of nitrogens with one attached hydrogen (secondary N) is 2. The van der Waals surface area contributed by atoms with E-state index in [1.54, 1.807) is 0 Å². The van der Waals surface area contributed by atoms with E-state index in [1.165, 1.54) is 37.1 Å². The molecular weight excluding hydrogens is 276 g/mol. The fourth-order valence-electron chi connectivity index (χ4n) is 2.98. The van der Waals surface area contributed by atoms with Crippen molar-refractivity contribution in [2.75, 3.05) is 17.2 Å². The van der Waals surface area contributed by atoms with E-state index in [1.807, 2.05) is 0 Å². The zero-order chi connectivity index (χ0) is 11.9. The second-order valence-electron chi connectivity index (χ2n) is 5.63.